The zero-order valence-corrected chi connectivity index (χ0v) is 20.9. The van der Waals surface area contributed by atoms with Gasteiger partial charge in [-0.3, -0.25) is 0 Å². The van der Waals surface area contributed by atoms with Gasteiger partial charge in [0.2, 0.25) is 5.95 Å². The summed E-state index contributed by atoms with van der Waals surface area (Å²) in [5.74, 6) is 0.851. The number of tetrazole rings is 1. The molecule has 0 aliphatic heterocycles. The van der Waals surface area contributed by atoms with Crippen LogP contribution in [0.5, 0.6) is 0 Å². The molecular formula is C24H25F3N8OS. The fraction of sp³-hybridized carbons (Fsp3) is 0.417. The first-order valence-electron chi connectivity index (χ1n) is 11.8. The fourth-order valence-electron chi connectivity index (χ4n) is 4.78. The number of alkyl halides is 3. The van der Waals surface area contributed by atoms with E-state index in [1.807, 2.05) is 19.9 Å². The molecule has 37 heavy (non-hydrogen) atoms. The molecule has 1 aromatic carbocycles. The first-order chi connectivity index (χ1) is 17.6. The molecule has 0 bridgehead atoms. The van der Waals surface area contributed by atoms with Crippen LogP contribution in [-0.2, 0) is 11.8 Å². The van der Waals surface area contributed by atoms with Gasteiger partial charge in [-0.2, -0.15) is 18.4 Å². The standard InChI is InChI=1S/C24H25F3N8OS/c1-13-9-15(11-17(10-13)30-22-28-8-7-19(31-22)24(25,26)27)18-12-29-21(37-18)23(2,36)16-5-3-14(4-6-16)20-32-34-35-33-20/h7-12,14,16,36H,3-6H2,1-2H3,(H,28,30,31)(H,32,33,34,35)/t14?,16?,23-/m0/s1. The van der Waals surface area contributed by atoms with E-state index in [4.69, 9.17) is 0 Å². The van der Waals surface area contributed by atoms with E-state index < -0.39 is 17.5 Å². The lowest BCUT2D eigenvalue weighted by Crippen LogP contribution is -2.34. The Bertz CT molecular complexity index is 1360. The number of benzene rings is 1. The summed E-state index contributed by atoms with van der Waals surface area (Å²) in [6.07, 6.45) is 1.60. The molecule has 4 aromatic rings. The van der Waals surface area contributed by atoms with Crippen molar-refractivity contribution in [2.75, 3.05) is 5.32 Å². The number of halogens is 3. The quantitative estimate of drug-likeness (QED) is 0.304. The molecule has 0 unspecified atom stereocenters. The largest absolute Gasteiger partial charge is 0.433 e. The summed E-state index contributed by atoms with van der Waals surface area (Å²) in [7, 11) is 0. The third-order valence-corrected chi connectivity index (χ3v) is 8.02. The molecule has 3 N–H and O–H groups in total. The highest BCUT2D eigenvalue weighted by molar-refractivity contribution is 7.15. The predicted molar refractivity (Wildman–Crippen MR) is 131 cm³/mol. The molecule has 1 aliphatic rings. The molecule has 1 fully saturated rings. The summed E-state index contributed by atoms with van der Waals surface area (Å²) >= 11 is 1.41. The van der Waals surface area contributed by atoms with Crippen LogP contribution in [-0.4, -0.2) is 40.7 Å². The van der Waals surface area contributed by atoms with Crippen LogP contribution in [0.15, 0.2) is 36.7 Å². The Kier molecular flexibility index (Phi) is 6.67. The molecule has 5 rings (SSSR count). The van der Waals surface area contributed by atoms with Crippen molar-refractivity contribution in [1.82, 2.24) is 35.6 Å². The number of nitrogens with zero attached hydrogens (tertiary/aromatic N) is 6. The summed E-state index contributed by atoms with van der Waals surface area (Å²) < 4.78 is 39.1. The van der Waals surface area contributed by atoms with Gasteiger partial charge in [0.25, 0.3) is 0 Å². The van der Waals surface area contributed by atoms with Gasteiger partial charge >= 0.3 is 6.18 Å². The number of H-pyrrole nitrogens is 1. The molecule has 0 radical (unpaired) electrons. The van der Waals surface area contributed by atoms with Gasteiger partial charge in [0.1, 0.15) is 16.3 Å². The number of thiazole rings is 1. The van der Waals surface area contributed by atoms with Crippen LogP contribution in [0.1, 0.15) is 60.6 Å². The minimum Gasteiger partial charge on any atom is -0.383 e. The number of hydrogen-bond acceptors (Lipinski definition) is 9. The second kappa shape index (κ2) is 9.78. The Morgan fingerprint density at radius 2 is 1.89 bits per heavy atom. The summed E-state index contributed by atoms with van der Waals surface area (Å²) in [6.45, 7) is 3.70. The van der Waals surface area contributed by atoms with Gasteiger partial charge in [0.15, 0.2) is 5.82 Å². The van der Waals surface area contributed by atoms with Crippen molar-refractivity contribution < 1.29 is 18.3 Å². The van der Waals surface area contributed by atoms with Crippen molar-refractivity contribution in [1.29, 1.82) is 0 Å². The van der Waals surface area contributed by atoms with Crippen molar-refractivity contribution in [2.45, 2.75) is 57.2 Å². The molecule has 1 saturated carbocycles. The molecule has 0 amide bonds. The van der Waals surface area contributed by atoms with Crippen LogP contribution in [0.25, 0.3) is 10.4 Å². The number of nitrogens with one attached hydrogen (secondary N) is 2. The Hall–Kier alpha value is -3.45. The SMILES string of the molecule is Cc1cc(Nc2nccc(C(F)(F)F)n2)cc(-c2cnc([C@@](C)(O)C3CCC(c4nn[nH]n4)CC3)s2)c1. The monoisotopic (exact) mass is 530 g/mol. The summed E-state index contributed by atoms with van der Waals surface area (Å²) in [5, 5.41) is 29.3. The van der Waals surface area contributed by atoms with E-state index in [-0.39, 0.29) is 17.8 Å². The molecular weight excluding hydrogens is 505 g/mol. The lowest BCUT2D eigenvalue weighted by molar-refractivity contribution is -0.141. The first-order valence-corrected chi connectivity index (χ1v) is 12.6. The van der Waals surface area contributed by atoms with Gasteiger partial charge < -0.3 is 10.4 Å². The van der Waals surface area contributed by atoms with Gasteiger partial charge in [-0.1, -0.05) is 11.3 Å². The highest BCUT2D eigenvalue weighted by Gasteiger charge is 2.39. The maximum atomic E-state index is 13.0. The number of hydrogen-bond donors (Lipinski definition) is 3. The minimum absolute atomic E-state index is 0.0439. The van der Waals surface area contributed by atoms with Gasteiger partial charge in [-0.05, 0) is 74.8 Å². The molecule has 1 aliphatic carbocycles. The molecule has 0 saturated heterocycles. The molecule has 1 atom stereocenters. The molecule has 0 spiro atoms. The highest BCUT2D eigenvalue weighted by Crippen LogP contribution is 2.45. The molecule has 13 heteroatoms. The Labute approximate surface area is 214 Å². The van der Waals surface area contributed by atoms with Crippen molar-refractivity contribution in [3.05, 3.63) is 58.7 Å². The van der Waals surface area contributed by atoms with Crippen LogP contribution in [0.2, 0.25) is 0 Å². The van der Waals surface area contributed by atoms with Crippen molar-refractivity contribution in [3.63, 3.8) is 0 Å². The van der Waals surface area contributed by atoms with Crippen molar-refractivity contribution in [3.8, 4) is 10.4 Å². The number of aromatic nitrogens is 7. The Morgan fingerprint density at radius 3 is 2.59 bits per heavy atom. The van der Waals surface area contributed by atoms with E-state index in [0.717, 1.165) is 54.0 Å². The number of rotatable bonds is 6. The highest BCUT2D eigenvalue weighted by atomic mass is 32.1. The lowest BCUT2D eigenvalue weighted by Gasteiger charge is -2.36. The van der Waals surface area contributed by atoms with E-state index in [1.165, 1.54) is 11.3 Å². The number of aryl methyl sites for hydroxylation is 1. The van der Waals surface area contributed by atoms with E-state index in [1.54, 1.807) is 18.3 Å². The maximum Gasteiger partial charge on any atom is 0.433 e. The van der Waals surface area contributed by atoms with E-state index in [0.29, 0.717) is 16.5 Å². The normalized spacial score (nSPS) is 19.9. The molecule has 3 heterocycles. The van der Waals surface area contributed by atoms with E-state index in [2.05, 4.69) is 40.9 Å². The second-order valence-electron chi connectivity index (χ2n) is 9.47. The van der Waals surface area contributed by atoms with Gasteiger partial charge in [0.05, 0.1) is 4.88 Å². The van der Waals surface area contributed by atoms with Crippen LogP contribution in [0.4, 0.5) is 24.8 Å². The third-order valence-electron chi connectivity index (χ3n) is 6.75. The minimum atomic E-state index is -4.56. The summed E-state index contributed by atoms with van der Waals surface area (Å²) in [5.41, 5.74) is 0.166. The van der Waals surface area contributed by atoms with Crippen LogP contribution < -0.4 is 5.32 Å². The fourth-order valence-corrected chi connectivity index (χ4v) is 5.80. The molecule has 3 aromatic heterocycles. The summed E-state index contributed by atoms with van der Waals surface area (Å²) in [6, 6.07) is 6.39. The topological polar surface area (TPSA) is 125 Å². The van der Waals surface area contributed by atoms with Crippen LogP contribution >= 0.6 is 11.3 Å². The van der Waals surface area contributed by atoms with Crippen LogP contribution in [0, 0.1) is 12.8 Å². The second-order valence-corrected chi connectivity index (χ2v) is 10.5. The van der Waals surface area contributed by atoms with Crippen molar-refractivity contribution in [2.24, 2.45) is 5.92 Å². The zero-order valence-electron chi connectivity index (χ0n) is 20.1. The van der Waals surface area contributed by atoms with Crippen LogP contribution in [0.3, 0.4) is 0 Å². The van der Waals surface area contributed by atoms with Gasteiger partial charge in [-0.15, -0.1) is 21.5 Å². The predicted octanol–water partition coefficient (Wildman–Crippen LogP) is 5.37. The molecule has 194 valence electrons. The smallest absolute Gasteiger partial charge is 0.383 e. The Balaban J connectivity index is 1.32. The van der Waals surface area contributed by atoms with Gasteiger partial charge in [0, 0.05) is 24.0 Å². The number of aliphatic hydroxyl groups is 1. The average molecular weight is 531 g/mol. The average Bonchev–Trinajstić information content (AvgIpc) is 3.57. The molecule has 9 nitrogen and oxygen atoms in total. The maximum absolute atomic E-state index is 13.0. The number of anilines is 2. The van der Waals surface area contributed by atoms with E-state index in [9.17, 15) is 18.3 Å². The van der Waals surface area contributed by atoms with E-state index >= 15 is 0 Å². The van der Waals surface area contributed by atoms with Gasteiger partial charge in [-0.25, -0.2) is 15.0 Å². The summed E-state index contributed by atoms with van der Waals surface area (Å²) in [4.78, 5) is 12.9. The Morgan fingerprint density at radius 1 is 1.11 bits per heavy atom. The number of aromatic amines is 1. The lowest BCUT2D eigenvalue weighted by atomic mass is 9.74. The third kappa shape index (κ3) is 5.47. The van der Waals surface area contributed by atoms with Crippen molar-refractivity contribution >= 4 is 23.0 Å². The first kappa shape index (κ1) is 25.2. The zero-order chi connectivity index (χ0) is 26.2.